The van der Waals surface area contributed by atoms with Gasteiger partial charge in [-0.05, 0) is 37.0 Å². The highest BCUT2D eigenvalue weighted by atomic mass is 35.5. The molecule has 1 heterocycles. The maximum atomic E-state index is 12.5. The fraction of sp³-hybridized carbons (Fsp3) is 0.533. The van der Waals surface area contributed by atoms with Crippen LogP contribution in [0.3, 0.4) is 0 Å². The third-order valence-electron chi connectivity index (χ3n) is 3.61. The van der Waals surface area contributed by atoms with Gasteiger partial charge in [0, 0.05) is 38.0 Å². The average Bonchev–Trinajstić information content (AvgIpc) is 2.47. The number of hydrogen-bond acceptors (Lipinski definition) is 3. The Bertz CT molecular complexity index is 473. The molecule has 0 spiro atoms. The van der Waals surface area contributed by atoms with Crippen molar-refractivity contribution in [3.8, 4) is 0 Å². The first-order chi connectivity index (χ1) is 9.61. The van der Waals surface area contributed by atoms with Crippen LogP contribution in [-0.4, -0.2) is 44.7 Å². The Kier molecular flexibility index (Phi) is 5.26. The lowest BCUT2D eigenvalue weighted by atomic mass is 10.0. The van der Waals surface area contributed by atoms with E-state index in [0.29, 0.717) is 23.0 Å². The second-order valence-electron chi connectivity index (χ2n) is 5.21. The number of carbonyl (C=O) groups is 1. The quantitative estimate of drug-likeness (QED) is 0.929. The molecule has 4 nitrogen and oxygen atoms in total. The summed E-state index contributed by atoms with van der Waals surface area (Å²) < 4.78 is 5.46. The molecule has 0 aliphatic carbocycles. The van der Waals surface area contributed by atoms with Gasteiger partial charge in [-0.25, -0.2) is 0 Å². The van der Waals surface area contributed by atoms with Crippen molar-refractivity contribution in [2.75, 3.05) is 39.2 Å². The van der Waals surface area contributed by atoms with Crippen LogP contribution in [0.2, 0.25) is 5.02 Å². The molecule has 0 aromatic heterocycles. The van der Waals surface area contributed by atoms with Gasteiger partial charge in [-0.15, -0.1) is 0 Å². The number of amides is 1. The van der Waals surface area contributed by atoms with Crippen molar-refractivity contribution in [3.05, 3.63) is 28.8 Å². The summed E-state index contributed by atoms with van der Waals surface area (Å²) in [6, 6.07) is 5.32. The van der Waals surface area contributed by atoms with E-state index in [4.69, 9.17) is 16.3 Å². The molecule has 1 saturated heterocycles. The number of nitrogens with one attached hydrogen (secondary N) is 1. The van der Waals surface area contributed by atoms with Gasteiger partial charge in [0.15, 0.2) is 0 Å². The lowest BCUT2D eigenvalue weighted by molar-refractivity contribution is 0.0389. The monoisotopic (exact) mass is 296 g/mol. The van der Waals surface area contributed by atoms with Gasteiger partial charge in [0.25, 0.3) is 5.91 Å². The van der Waals surface area contributed by atoms with Crippen LogP contribution in [0, 0.1) is 5.92 Å². The maximum absolute atomic E-state index is 12.5. The van der Waals surface area contributed by atoms with Crippen molar-refractivity contribution in [2.24, 2.45) is 5.92 Å². The molecule has 2 rings (SSSR count). The molecule has 20 heavy (non-hydrogen) atoms. The van der Waals surface area contributed by atoms with Crippen molar-refractivity contribution in [2.45, 2.75) is 12.8 Å². The minimum absolute atomic E-state index is 0.0116. The fourth-order valence-corrected chi connectivity index (χ4v) is 2.71. The maximum Gasteiger partial charge on any atom is 0.255 e. The van der Waals surface area contributed by atoms with Gasteiger partial charge in [-0.2, -0.15) is 0 Å². The smallest absolute Gasteiger partial charge is 0.255 e. The molecule has 1 amide bonds. The molecular weight excluding hydrogens is 276 g/mol. The summed E-state index contributed by atoms with van der Waals surface area (Å²) in [5, 5.41) is 3.60. The molecule has 1 aromatic carbocycles. The van der Waals surface area contributed by atoms with Gasteiger partial charge in [-0.3, -0.25) is 4.79 Å². The Hall–Kier alpha value is -1.26. The molecule has 1 N–H and O–H groups in total. The van der Waals surface area contributed by atoms with Crippen molar-refractivity contribution < 1.29 is 9.53 Å². The van der Waals surface area contributed by atoms with E-state index in [9.17, 15) is 4.79 Å². The van der Waals surface area contributed by atoms with E-state index < -0.39 is 0 Å². The highest BCUT2D eigenvalue weighted by molar-refractivity contribution is 6.31. The van der Waals surface area contributed by atoms with Crippen molar-refractivity contribution in [3.63, 3.8) is 0 Å². The van der Waals surface area contributed by atoms with E-state index in [0.717, 1.165) is 31.7 Å². The minimum Gasteiger partial charge on any atom is -0.387 e. The summed E-state index contributed by atoms with van der Waals surface area (Å²) in [5.74, 6) is 0.414. The highest BCUT2D eigenvalue weighted by Crippen LogP contribution is 2.22. The summed E-state index contributed by atoms with van der Waals surface area (Å²) in [4.78, 5) is 14.3. The first-order valence-electron chi connectivity index (χ1n) is 6.92. The number of halogens is 1. The van der Waals surface area contributed by atoms with Crippen molar-refractivity contribution in [1.29, 1.82) is 0 Å². The highest BCUT2D eigenvalue weighted by Gasteiger charge is 2.21. The van der Waals surface area contributed by atoms with E-state index in [1.807, 2.05) is 13.1 Å². The van der Waals surface area contributed by atoms with Crippen LogP contribution in [0.25, 0.3) is 0 Å². The zero-order valence-electron chi connectivity index (χ0n) is 12.0. The van der Waals surface area contributed by atoms with E-state index >= 15 is 0 Å². The summed E-state index contributed by atoms with van der Waals surface area (Å²) in [6.45, 7) is 2.30. The molecule has 5 heteroatoms. The molecule has 1 fully saturated rings. The molecule has 0 radical (unpaired) electrons. The van der Waals surface area contributed by atoms with E-state index in [1.165, 1.54) is 0 Å². The van der Waals surface area contributed by atoms with Crippen LogP contribution in [-0.2, 0) is 4.74 Å². The lowest BCUT2D eigenvalue weighted by Gasteiger charge is -2.27. The van der Waals surface area contributed by atoms with Crippen molar-refractivity contribution in [1.82, 2.24) is 4.90 Å². The summed E-state index contributed by atoms with van der Waals surface area (Å²) in [5.41, 5.74) is 1.41. The number of benzene rings is 1. The second-order valence-corrected chi connectivity index (χ2v) is 5.65. The summed E-state index contributed by atoms with van der Waals surface area (Å²) in [7, 11) is 3.63. The number of ether oxygens (including phenoxy) is 1. The Morgan fingerprint density at radius 3 is 3.00 bits per heavy atom. The van der Waals surface area contributed by atoms with E-state index in [1.54, 1.807) is 24.1 Å². The van der Waals surface area contributed by atoms with Gasteiger partial charge in [0.2, 0.25) is 0 Å². The zero-order chi connectivity index (χ0) is 14.5. The van der Waals surface area contributed by atoms with Gasteiger partial charge in [-0.1, -0.05) is 11.6 Å². The Balaban J connectivity index is 2.07. The second kappa shape index (κ2) is 6.95. The van der Waals surface area contributed by atoms with Crippen LogP contribution in [0.1, 0.15) is 23.2 Å². The Labute approximate surface area is 125 Å². The zero-order valence-corrected chi connectivity index (χ0v) is 12.7. The van der Waals surface area contributed by atoms with Crippen LogP contribution in [0.5, 0.6) is 0 Å². The normalized spacial score (nSPS) is 18.6. The summed E-state index contributed by atoms with van der Waals surface area (Å²) >= 11 is 6.00. The van der Waals surface area contributed by atoms with Crippen LogP contribution < -0.4 is 5.32 Å². The van der Waals surface area contributed by atoms with Crippen LogP contribution >= 0.6 is 11.6 Å². The van der Waals surface area contributed by atoms with Gasteiger partial charge < -0.3 is 15.0 Å². The van der Waals surface area contributed by atoms with Crippen LogP contribution in [0.15, 0.2) is 18.2 Å². The van der Waals surface area contributed by atoms with Gasteiger partial charge in [0.1, 0.15) is 0 Å². The fourth-order valence-electron chi connectivity index (χ4n) is 2.54. The number of rotatable bonds is 4. The minimum atomic E-state index is -0.0116. The molecule has 110 valence electrons. The molecule has 1 aromatic rings. The lowest BCUT2D eigenvalue weighted by Crippen LogP contribution is -2.35. The molecule has 1 aliphatic rings. The Morgan fingerprint density at radius 2 is 2.35 bits per heavy atom. The largest absolute Gasteiger partial charge is 0.387 e. The summed E-state index contributed by atoms with van der Waals surface area (Å²) in [6.07, 6.45) is 2.19. The molecule has 1 aliphatic heterocycles. The predicted molar refractivity (Wildman–Crippen MR) is 81.5 cm³/mol. The van der Waals surface area contributed by atoms with Gasteiger partial charge in [0.05, 0.1) is 12.2 Å². The molecule has 0 saturated carbocycles. The SMILES string of the molecule is CNc1ccc(Cl)cc1C(=O)N(C)CC1CCCOC1. The predicted octanol–water partition coefficient (Wildman–Crippen LogP) is 2.88. The standard InChI is InChI=1S/C15H21ClN2O2/c1-17-14-6-5-12(16)8-13(14)15(19)18(2)9-11-4-3-7-20-10-11/h5-6,8,11,17H,3-4,7,9-10H2,1-2H3. The topological polar surface area (TPSA) is 41.6 Å². The van der Waals surface area contributed by atoms with Crippen molar-refractivity contribution >= 4 is 23.2 Å². The number of hydrogen-bond donors (Lipinski definition) is 1. The number of carbonyl (C=O) groups excluding carboxylic acids is 1. The average molecular weight is 297 g/mol. The molecule has 0 bridgehead atoms. The third kappa shape index (κ3) is 3.64. The first-order valence-corrected chi connectivity index (χ1v) is 7.30. The molecule has 1 atom stereocenters. The first kappa shape index (κ1) is 15.1. The molecule has 1 unspecified atom stereocenters. The third-order valence-corrected chi connectivity index (χ3v) is 3.85. The number of nitrogens with zero attached hydrogens (tertiary/aromatic N) is 1. The Morgan fingerprint density at radius 1 is 1.55 bits per heavy atom. The van der Waals surface area contributed by atoms with Crippen LogP contribution in [0.4, 0.5) is 5.69 Å². The number of anilines is 1. The molecular formula is C15H21ClN2O2. The van der Waals surface area contributed by atoms with E-state index in [2.05, 4.69) is 5.32 Å². The van der Waals surface area contributed by atoms with E-state index in [-0.39, 0.29) is 5.91 Å². The van der Waals surface area contributed by atoms with Gasteiger partial charge >= 0.3 is 0 Å².